The molecule has 1 saturated carbocycles. The van der Waals surface area contributed by atoms with Crippen LogP contribution in [0.1, 0.15) is 50.5 Å². The average molecular weight is 486 g/mol. The van der Waals surface area contributed by atoms with Gasteiger partial charge in [-0.25, -0.2) is 9.07 Å². The van der Waals surface area contributed by atoms with Gasteiger partial charge in [0.15, 0.2) is 0 Å². The van der Waals surface area contributed by atoms with Gasteiger partial charge >= 0.3 is 0 Å². The topological polar surface area (TPSA) is 38.1 Å². The Morgan fingerprint density at radius 1 is 1.03 bits per heavy atom. The van der Waals surface area contributed by atoms with Crippen LogP contribution in [0.2, 0.25) is 10.0 Å². The van der Waals surface area contributed by atoms with Crippen molar-refractivity contribution in [2.24, 2.45) is 10.8 Å². The molecule has 2 heterocycles. The lowest BCUT2D eigenvalue weighted by molar-refractivity contribution is 0.0699. The summed E-state index contributed by atoms with van der Waals surface area (Å²) in [4.78, 5) is 16.0. The second-order valence-electron chi connectivity index (χ2n) is 10.6. The summed E-state index contributed by atoms with van der Waals surface area (Å²) >= 11 is 12.4. The number of fused-ring (bicyclic) bond motifs is 2. The van der Waals surface area contributed by atoms with Crippen molar-refractivity contribution in [2.45, 2.75) is 46.1 Å². The van der Waals surface area contributed by atoms with Gasteiger partial charge in [0, 0.05) is 18.2 Å². The van der Waals surface area contributed by atoms with Gasteiger partial charge in [-0.15, -0.1) is 0 Å². The molecular formula is C26H26Cl2FN3O. The van der Waals surface area contributed by atoms with E-state index in [1.54, 1.807) is 41.1 Å². The first-order chi connectivity index (χ1) is 15.5. The highest BCUT2D eigenvalue weighted by Gasteiger charge is 2.51. The average Bonchev–Trinajstić information content (AvgIpc) is 3.28. The van der Waals surface area contributed by atoms with E-state index in [0.717, 1.165) is 31.4 Å². The molecule has 2 aromatic carbocycles. The van der Waals surface area contributed by atoms with Gasteiger partial charge in [0.2, 0.25) is 0 Å². The summed E-state index contributed by atoms with van der Waals surface area (Å²) in [5.74, 6) is -0.368. The third-order valence-electron chi connectivity index (χ3n) is 6.89. The van der Waals surface area contributed by atoms with Gasteiger partial charge in [0.1, 0.15) is 11.5 Å². The van der Waals surface area contributed by atoms with Gasteiger partial charge in [0.25, 0.3) is 5.91 Å². The van der Waals surface area contributed by atoms with E-state index in [0.29, 0.717) is 27.1 Å². The van der Waals surface area contributed by atoms with E-state index in [-0.39, 0.29) is 28.6 Å². The van der Waals surface area contributed by atoms with Crippen LogP contribution >= 0.6 is 23.2 Å². The number of hydrogen-bond donors (Lipinski definition) is 0. The van der Waals surface area contributed by atoms with Crippen molar-refractivity contribution in [1.82, 2.24) is 14.7 Å². The molecule has 1 amide bonds. The number of likely N-dealkylation sites (tertiary alicyclic amines) is 1. The summed E-state index contributed by atoms with van der Waals surface area (Å²) in [6.45, 7) is 7.60. The predicted molar refractivity (Wildman–Crippen MR) is 130 cm³/mol. The molecule has 2 aliphatic rings. The van der Waals surface area contributed by atoms with Crippen molar-refractivity contribution < 1.29 is 9.18 Å². The number of hydrogen-bond acceptors (Lipinski definition) is 2. The molecule has 2 unspecified atom stereocenters. The van der Waals surface area contributed by atoms with Crippen molar-refractivity contribution in [2.75, 3.05) is 6.54 Å². The number of nitrogens with zero attached hydrogens (tertiary/aromatic N) is 3. The molecule has 172 valence electrons. The van der Waals surface area contributed by atoms with Crippen LogP contribution in [0.5, 0.6) is 0 Å². The van der Waals surface area contributed by atoms with Crippen LogP contribution in [0.4, 0.5) is 4.39 Å². The Morgan fingerprint density at radius 2 is 1.76 bits per heavy atom. The van der Waals surface area contributed by atoms with Crippen molar-refractivity contribution in [3.63, 3.8) is 0 Å². The van der Waals surface area contributed by atoms with Crippen molar-refractivity contribution in [1.29, 1.82) is 0 Å². The first-order valence-corrected chi connectivity index (χ1v) is 11.9. The fraction of sp³-hybridized carbons (Fsp3) is 0.385. The Morgan fingerprint density at radius 3 is 2.45 bits per heavy atom. The van der Waals surface area contributed by atoms with Crippen LogP contribution in [-0.2, 0) is 0 Å². The molecule has 1 aliphatic heterocycles. The molecule has 3 aromatic rings. The summed E-state index contributed by atoms with van der Waals surface area (Å²) in [7, 11) is 0. The second kappa shape index (κ2) is 7.85. The van der Waals surface area contributed by atoms with E-state index in [9.17, 15) is 9.18 Å². The molecule has 33 heavy (non-hydrogen) atoms. The highest BCUT2D eigenvalue weighted by Crippen LogP contribution is 2.52. The van der Waals surface area contributed by atoms with Crippen LogP contribution in [0.3, 0.4) is 0 Å². The van der Waals surface area contributed by atoms with E-state index in [2.05, 4.69) is 20.8 Å². The lowest BCUT2D eigenvalue weighted by atomic mass is 9.65. The van der Waals surface area contributed by atoms with Gasteiger partial charge in [-0.1, -0.05) is 44.0 Å². The molecule has 1 saturated heterocycles. The second-order valence-corrected chi connectivity index (χ2v) is 11.4. The van der Waals surface area contributed by atoms with Crippen LogP contribution in [-0.4, -0.2) is 33.2 Å². The first-order valence-electron chi connectivity index (χ1n) is 11.2. The molecule has 1 aliphatic carbocycles. The minimum atomic E-state index is -0.320. The van der Waals surface area contributed by atoms with Gasteiger partial charge in [-0.2, -0.15) is 5.10 Å². The number of carbonyl (C=O) groups excluding carboxylic acids is 1. The maximum Gasteiger partial charge on any atom is 0.272 e. The lowest BCUT2D eigenvalue weighted by Crippen LogP contribution is -2.38. The highest BCUT2D eigenvalue weighted by atomic mass is 35.5. The largest absolute Gasteiger partial charge is 0.334 e. The first kappa shape index (κ1) is 22.4. The summed E-state index contributed by atoms with van der Waals surface area (Å²) in [6, 6.07) is 13.3. The summed E-state index contributed by atoms with van der Waals surface area (Å²) in [5, 5.41) is 5.54. The number of halogens is 3. The third kappa shape index (κ3) is 4.17. The fourth-order valence-corrected chi connectivity index (χ4v) is 6.25. The van der Waals surface area contributed by atoms with Crippen molar-refractivity contribution in [3.05, 3.63) is 70.1 Å². The number of rotatable bonds is 3. The zero-order valence-electron chi connectivity index (χ0n) is 18.9. The Balaban J connectivity index is 1.59. The highest BCUT2D eigenvalue weighted by molar-refractivity contribution is 6.42. The predicted octanol–water partition coefficient (Wildman–Crippen LogP) is 7.03. The zero-order chi connectivity index (χ0) is 23.5. The minimum absolute atomic E-state index is 0.0478. The van der Waals surface area contributed by atoms with Gasteiger partial charge < -0.3 is 4.90 Å². The number of carbonyl (C=O) groups is 1. The molecule has 2 atom stereocenters. The summed E-state index contributed by atoms with van der Waals surface area (Å²) < 4.78 is 15.1. The number of aromatic nitrogens is 2. The SMILES string of the molecule is CC1(C)CC2CC(C)(CN2C(=O)c2cc(-c3ccc(F)cc3)nn2-c2ccc(Cl)c(Cl)c2)C1. The molecule has 2 fully saturated rings. The standard InChI is InChI=1S/C26H26Cl2FN3O/c1-25(2)12-19-13-26(3,14-25)15-31(19)24(33)23-11-22(16-4-6-17(29)7-5-16)30-32(23)18-8-9-20(27)21(28)10-18/h4-11,19H,12-15H2,1-3H3. The Labute approximate surface area is 203 Å². The maximum atomic E-state index is 13.9. The third-order valence-corrected chi connectivity index (χ3v) is 7.63. The van der Waals surface area contributed by atoms with Gasteiger partial charge in [-0.05, 0) is 78.6 Å². The smallest absolute Gasteiger partial charge is 0.272 e. The van der Waals surface area contributed by atoms with Gasteiger partial charge in [-0.3, -0.25) is 4.79 Å². The number of benzene rings is 2. The molecule has 5 rings (SSSR count). The molecule has 0 N–H and O–H groups in total. The molecular weight excluding hydrogens is 460 g/mol. The van der Waals surface area contributed by atoms with Gasteiger partial charge in [0.05, 0.1) is 21.4 Å². The molecule has 0 radical (unpaired) electrons. The van der Waals surface area contributed by atoms with E-state index < -0.39 is 0 Å². The van der Waals surface area contributed by atoms with Crippen LogP contribution in [0, 0.1) is 16.6 Å². The van der Waals surface area contributed by atoms with Crippen molar-refractivity contribution >= 4 is 29.1 Å². The fourth-order valence-electron chi connectivity index (χ4n) is 5.95. The van der Waals surface area contributed by atoms with E-state index in [1.807, 2.05) is 4.90 Å². The van der Waals surface area contributed by atoms with E-state index >= 15 is 0 Å². The number of amides is 1. The molecule has 0 spiro atoms. The summed E-state index contributed by atoms with van der Waals surface area (Å²) in [5.41, 5.74) is 2.76. The maximum absolute atomic E-state index is 13.9. The van der Waals surface area contributed by atoms with E-state index in [4.69, 9.17) is 28.3 Å². The molecule has 2 bridgehead atoms. The normalized spacial score (nSPS) is 23.7. The molecule has 7 heteroatoms. The van der Waals surface area contributed by atoms with Crippen LogP contribution in [0.25, 0.3) is 16.9 Å². The minimum Gasteiger partial charge on any atom is -0.334 e. The summed E-state index contributed by atoms with van der Waals surface area (Å²) in [6.07, 6.45) is 3.11. The lowest BCUT2D eigenvalue weighted by Gasteiger charge is -2.39. The Hall–Kier alpha value is -2.37. The monoisotopic (exact) mass is 485 g/mol. The molecule has 1 aromatic heterocycles. The Kier molecular flexibility index (Phi) is 5.33. The quantitative estimate of drug-likeness (QED) is 0.399. The van der Waals surface area contributed by atoms with Crippen molar-refractivity contribution in [3.8, 4) is 16.9 Å². The van der Waals surface area contributed by atoms with Crippen LogP contribution in [0.15, 0.2) is 48.5 Å². The molecule has 4 nitrogen and oxygen atoms in total. The zero-order valence-corrected chi connectivity index (χ0v) is 20.4. The Bertz CT molecular complexity index is 1240. The van der Waals surface area contributed by atoms with Crippen LogP contribution < -0.4 is 0 Å². The van der Waals surface area contributed by atoms with E-state index in [1.165, 1.54) is 12.1 Å².